The highest BCUT2D eigenvalue weighted by molar-refractivity contribution is 5.88. The predicted molar refractivity (Wildman–Crippen MR) is 208 cm³/mol. The molecule has 0 bridgehead atoms. The molecule has 0 fully saturated rings. The van der Waals surface area contributed by atoms with Crippen LogP contribution in [0.3, 0.4) is 0 Å². The Labute approximate surface area is 312 Å². The number of carboxylic acid groups (broad SMARTS) is 1. The van der Waals surface area contributed by atoms with Crippen LogP contribution >= 0.6 is 0 Å². The van der Waals surface area contributed by atoms with Crippen molar-refractivity contribution in [2.75, 3.05) is 0 Å². The van der Waals surface area contributed by atoms with Crippen molar-refractivity contribution in [3.05, 3.63) is 82.5 Å². The first-order valence-electron chi connectivity index (χ1n) is 18.9. The molecule has 0 amide bonds. The summed E-state index contributed by atoms with van der Waals surface area (Å²) < 4.78 is 5.97. The van der Waals surface area contributed by atoms with Gasteiger partial charge in [0.1, 0.15) is 6.10 Å². The molecule has 294 valence electrons. The molecule has 6 N–H and O–H groups in total. The monoisotopic (exact) mass is 728 g/mol. The van der Waals surface area contributed by atoms with Crippen molar-refractivity contribution in [3.63, 3.8) is 0 Å². The minimum absolute atomic E-state index is 0.0289. The number of aliphatic hydroxyl groups is 5. The van der Waals surface area contributed by atoms with E-state index in [2.05, 4.69) is 19.9 Å². The zero-order valence-electron chi connectivity index (χ0n) is 33.0. The molecule has 0 aliphatic carbocycles. The van der Waals surface area contributed by atoms with Crippen LogP contribution in [0.25, 0.3) is 0 Å². The second kappa shape index (κ2) is 24.3. The Morgan fingerprint density at radius 3 is 2.10 bits per heavy atom. The molecule has 1 heterocycles. The van der Waals surface area contributed by atoms with E-state index in [0.717, 1.165) is 22.3 Å². The second-order valence-corrected chi connectivity index (χ2v) is 15.3. The van der Waals surface area contributed by atoms with E-state index in [9.17, 15) is 40.2 Å². The molecule has 0 saturated heterocycles. The van der Waals surface area contributed by atoms with Gasteiger partial charge < -0.3 is 35.4 Å². The van der Waals surface area contributed by atoms with Crippen LogP contribution in [0.15, 0.2) is 82.5 Å². The molecule has 1 aliphatic rings. The highest BCUT2D eigenvalue weighted by Gasteiger charge is 2.28. The van der Waals surface area contributed by atoms with Crippen molar-refractivity contribution in [2.24, 2.45) is 23.7 Å². The quantitative estimate of drug-likeness (QED) is 0.0390. The minimum Gasteiger partial charge on any atom is -0.478 e. The van der Waals surface area contributed by atoms with Gasteiger partial charge in [-0.3, -0.25) is 4.79 Å². The topological polar surface area (TPSA) is 165 Å². The van der Waals surface area contributed by atoms with E-state index in [1.807, 2.05) is 58.1 Å². The number of rotatable bonds is 17. The van der Waals surface area contributed by atoms with Gasteiger partial charge in [-0.05, 0) is 97.5 Å². The fourth-order valence-electron chi connectivity index (χ4n) is 6.67. The summed E-state index contributed by atoms with van der Waals surface area (Å²) in [5.74, 6) is -1.56. The highest BCUT2D eigenvalue weighted by Crippen LogP contribution is 2.32. The van der Waals surface area contributed by atoms with Gasteiger partial charge in [0.05, 0.1) is 30.5 Å². The Balaban J connectivity index is 3.07. The Kier molecular flexibility index (Phi) is 21.9. The van der Waals surface area contributed by atoms with Crippen LogP contribution < -0.4 is 0 Å². The number of carbonyl (C=O) groups is 2. The first-order valence-corrected chi connectivity index (χ1v) is 18.9. The van der Waals surface area contributed by atoms with E-state index in [4.69, 9.17) is 4.74 Å². The van der Waals surface area contributed by atoms with Gasteiger partial charge in [-0.1, -0.05) is 91.7 Å². The molecule has 9 heteroatoms. The first kappa shape index (κ1) is 46.9. The van der Waals surface area contributed by atoms with Crippen LogP contribution in [0.4, 0.5) is 0 Å². The molecule has 0 spiro atoms. The molecule has 0 radical (unpaired) electrons. The zero-order chi connectivity index (χ0) is 39.5. The summed E-state index contributed by atoms with van der Waals surface area (Å²) in [6.07, 6.45) is 16.0. The summed E-state index contributed by atoms with van der Waals surface area (Å²) in [5, 5.41) is 59.8. The van der Waals surface area contributed by atoms with Crippen molar-refractivity contribution >= 4 is 11.9 Å². The molecule has 52 heavy (non-hydrogen) atoms. The standard InChI is InChI=1S/C43H68O9/c1-27(14-12-15-28(2)24-39(47)40(48)26-35(9)45)20-29(3)23-37(43(50)51)36-17-13-19-42(49)52-41(18-11-10-16-31(36)5)33(7)22-30(4)21-32(6)38(46)25-34(8)44/h10-12,14-15,20-21,23-24,31-36,38-41,44-48H,13,16-19,22,25-26H2,1-9H3,(H,50,51)/t31-,32+,33-,34+,35+,36-,38+,39-,40-,41+/m0/s1. The van der Waals surface area contributed by atoms with Crippen molar-refractivity contribution < 1.29 is 45.0 Å². The van der Waals surface area contributed by atoms with E-state index in [0.29, 0.717) is 44.1 Å². The maximum absolute atomic E-state index is 13.0. The van der Waals surface area contributed by atoms with Crippen molar-refractivity contribution in [3.8, 4) is 0 Å². The maximum Gasteiger partial charge on any atom is 0.331 e. The van der Waals surface area contributed by atoms with Gasteiger partial charge in [-0.15, -0.1) is 0 Å². The number of carbonyl (C=O) groups excluding carboxylic acids is 1. The lowest BCUT2D eigenvalue weighted by Gasteiger charge is -2.27. The lowest BCUT2D eigenvalue weighted by Crippen LogP contribution is -2.27. The second-order valence-electron chi connectivity index (χ2n) is 15.3. The number of hydrogen-bond acceptors (Lipinski definition) is 8. The fourth-order valence-corrected chi connectivity index (χ4v) is 6.67. The molecular formula is C43H68O9. The Morgan fingerprint density at radius 2 is 1.48 bits per heavy atom. The maximum atomic E-state index is 13.0. The van der Waals surface area contributed by atoms with Crippen molar-refractivity contribution in [1.82, 2.24) is 0 Å². The molecule has 0 aromatic rings. The third-order valence-electron chi connectivity index (χ3n) is 9.54. The SMILES string of the molecule is CC(=CC=CC(C)=C[C@H](O)[C@@H](O)C[C@@H](C)O)C=C(C)C=C(C(=O)O)[C@H]1CCCC(=O)O[C@@H]([C@@H](C)CC(C)=C[C@@H](C)[C@H](O)C[C@@H](C)O)CC=CC[C@@H]1C. The molecule has 1 aliphatic heterocycles. The van der Waals surface area contributed by atoms with Crippen LogP contribution in [-0.2, 0) is 14.3 Å². The Hall–Kier alpha value is -3.08. The van der Waals surface area contributed by atoms with Crippen LogP contribution in [0.5, 0.6) is 0 Å². The van der Waals surface area contributed by atoms with Crippen LogP contribution in [0.2, 0.25) is 0 Å². The number of ether oxygens (including phenoxy) is 1. The average molecular weight is 729 g/mol. The van der Waals surface area contributed by atoms with Crippen LogP contribution in [0.1, 0.15) is 114 Å². The van der Waals surface area contributed by atoms with Crippen molar-refractivity contribution in [1.29, 1.82) is 0 Å². The van der Waals surface area contributed by atoms with Crippen LogP contribution in [0, 0.1) is 23.7 Å². The molecule has 10 atom stereocenters. The zero-order valence-corrected chi connectivity index (χ0v) is 33.0. The fraction of sp³-hybridized carbons (Fsp3) is 0.628. The Morgan fingerprint density at radius 1 is 0.865 bits per heavy atom. The third-order valence-corrected chi connectivity index (χ3v) is 9.54. The average Bonchev–Trinajstić information content (AvgIpc) is 3.01. The number of aliphatic hydroxyl groups excluding tert-OH is 5. The Bertz CT molecular complexity index is 1330. The third kappa shape index (κ3) is 19.1. The van der Waals surface area contributed by atoms with Gasteiger partial charge >= 0.3 is 11.9 Å². The summed E-state index contributed by atoms with van der Waals surface area (Å²) in [4.78, 5) is 25.6. The van der Waals surface area contributed by atoms with Gasteiger partial charge in [-0.2, -0.15) is 0 Å². The summed E-state index contributed by atoms with van der Waals surface area (Å²) in [6.45, 7) is 16.9. The first-order chi connectivity index (χ1) is 24.3. The molecule has 0 aromatic carbocycles. The summed E-state index contributed by atoms with van der Waals surface area (Å²) >= 11 is 0. The van der Waals surface area contributed by atoms with Gasteiger partial charge in [0, 0.05) is 30.8 Å². The normalized spacial score (nSPS) is 25.0. The van der Waals surface area contributed by atoms with Gasteiger partial charge in [0.15, 0.2) is 0 Å². The van der Waals surface area contributed by atoms with Crippen molar-refractivity contribution in [2.45, 2.75) is 150 Å². The number of cyclic esters (lactones) is 1. The number of allylic oxidation sites excluding steroid dienone is 10. The highest BCUT2D eigenvalue weighted by atomic mass is 16.5. The minimum atomic E-state index is -1.09. The van der Waals surface area contributed by atoms with E-state index in [-0.39, 0.29) is 48.6 Å². The predicted octanol–water partition coefficient (Wildman–Crippen LogP) is 7.31. The summed E-state index contributed by atoms with van der Waals surface area (Å²) in [6, 6.07) is 0. The molecule has 9 nitrogen and oxygen atoms in total. The van der Waals surface area contributed by atoms with E-state index >= 15 is 0 Å². The number of esters is 1. The largest absolute Gasteiger partial charge is 0.478 e. The van der Waals surface area contributed by atoms with E-state index in [1.165, 1.54) is 6.08 Å². The van der Waals surface area contributed by atoms with E-state index < -0.39 is 36.5 Å². The molecular weight excluding hydrogens is 660 g/mol. The van der Waals surface area contributed by atoms with Gasteiger partial charge in [0.25, 0.3) is 0 Å². The van der Waals surface area contributed by atoms with Gasteiger partial charge in [0.2, 0.25) is 0 Å². The number of carboxylic acids is 1. The lowest BCUT2D eigenvalue weighted by molar-refractivity contribution is -0.151. The molecule has 0 unspecified atom stereocenters. The number of hydrogen-bond donors (Lipinski definition) is 6. The lowest BCUT2D eigenvalue weighted by atomic mass is 9.80. The molecule has 0 saturated carbocycles. The summed E-state index contributed by atoms with van der Waals surface area (Å²) in [7, 11) is 0. The number of aliphatic carboxylic acids is 1. The van der Waals surface area contributed by atoms with E-state index in [1.54, 1.807) is 32.9 Å². The molecule has 1 rings (SSSR count). The molecule has 0 aromatic heterocycles. The van der Waals surface area contributed by atoms with Crippen LogP contribution in [-0.4, -0.2) is 79.2 Å². The summed E-state index contributed by atoms with van der Waals surface area (Å²) in [5.41, 5.74) is 3.83. The van der Waals surface area contributed by atoms with Gasteiger partial charge in [-0.25, -0.2) is 4.79 Å². The smallest absolute Gasteiger partial charge is 0.331 e.